The zero-order valence-corrected chi connectivity index (χ0v) is 11.6. The Kier molecular flexibility index (Phi) is 3.67. The van der Waals surface area contributed by atoms with Crippen molar-refractivity contribution in [2.24, 2.45) is 5.73 Å². The second kappa shape index (κ2) is 5.48. The monoisotopic (exact) mass is 287 g/mol. The molecule has 0 unspecified atom stereocenters. The summed E-state index contributed by atoms with van der Waals surface area (Å²) in [6.07, 6.45) is 0. The minimum atomic E-state index is -0.955. The molecule has 0 saturated heterocycles. The SMILES string of the molecule is Cc1c(Oc2cccc(CN)c2F)ccc2c1B(O)OC2. The molecule has 0 aromatic heterocycles. The molecule has 1 aliphatic heterocycles. The summed E-state index contributed by atoms with van der Waals surface area (Å²) in [6.45, 7) is 2.30. The lowest BCUT2D eigenvalue weighted by molar-refractivity contribution is 0.275. The first-order chi connectivity index (χ1) is 10.1. The summed E-state index contributed by atoms with van der Waals surface area (Å²) < 4.78 is 25.0. The molecule has 2 aromatic rings. The van der Waals surface area contributed by atoms with Gasteiger partial charge in [0, 0.05) is 12.1 Å². The van der Waals surface area contributed by atoms with Crippen LogP contribution in [0.2, 0.25) is 0 Å². The molecule has 0 aliphatic carbocycles. The minimum Gasteiger partial charge on any atom is -0.454 e. The van der Waals surface area contributed by atoms with Crippen LogP contribution in [-0.2, 0) is 17.8 Å². The van der Waals surface area contributed by atoms with Crippen molar-refractivity contribution in [1.82, 2.24) is 0 Å². The Labute approximate surface area is 122 Å². The molecule has 0 fully saturated rings. The van der Waals surface area contributed by atoms with Gasteiger partial charge >= 0.3 is 7.12 Å². The summed E-state index contributed by atoms with van der Waals surface area (Å²) in [5, 5.41) is 9.82. The van der Waals surface area contributed by atoms with Crippen LogP contribution in [0, 0.1) is 12.7 Å². The quantitative estimate of drug-likeness (QED) is 0.842. The van der Waals surface area contributed by atoms with Crippen molar-refractivity contribution in [3.05, 3.63) is 52.8 Å². The standard InChI is InChI=1S/C15H15BFNO3/c1-9-12(6-5-11-8-20-16(19)14(9)11)21-13-4-2-3-10(7-18)15(13)17/h2-6,19H,7-8,18H2,1H3. The Morgan fingerprint density at radius 3 is 2.90 bits per heavy atom. The van der Waals surface area contributed by atoms with Crippen molar-refractivity contribution in [2.75, 3.05) is 0 Å². The first kappa shape index (κ1) is 14.1. The molecule has 6 heteroatoms. The smallest absolute Gasteiger partial charge is 0.454 e. The van der Waals surface area contributed by atoms with Gasteiger partial charge in [0.1, 0.15) is 5.75 Å². The molecule has 0 bridgehead atoms. The van der Waals surface area contributed by atoms with E-state index in [-0.39, 0.29) is 12.3 Å². The molecule has 1 heterocycles. The second-order valence-electron chi connectivity index (χ2n) is 4.96. The van der Waals surface area contributed by atoms with Crippen LogP contribution in [0.3, 0.4) is 0 Å². The van der Waals surface area contributed by atoms with E-state index >= 15 is 0 Å². The van der Waals surface area contributed by atoms with Crippen molar-refractivity contribution in [3.63, 3.8) is 0 Å². The Morgan fingerprint density at radius 1 is 1.33 bits per heavy atom. The first-order valence-corrected chi connectivity index (χ1v) is 6.69. The van der Waals surface area contributed by atoms with Crippen LogP contribution in [0.25, 0.3) is 0 Å². The average Bonchev–Trinajstić information content (AvgIpc) is 2.86. The Balaban J connectivity index is 1.98. The molecule has 0 spiro atoms. The molecule has 3 N–H and O–H groups in total. The van der Waals surface area contributed by atoms with Gasteiger partial charge in [-0.15, -0.1) is 0 Å². The number of ether oxygens (including phenoxy) is 1. The van der Waals surface area contributed by atoms with E-state index < -0.39 is 12.9 Å². The van der Waals surface area contributed by atoms with Gasteiger partial charge in [0.2, 0.25) is 0 Å². The van der Waals surface area contributed by atoms with Gasteiger partial charge in [0.25, 0.3) is 0 Å². The van der Waals surface area contributed by atoms with Crippen molar-refractivity contribution in [1.29, 1.82) is 0 Å². The Morgan fingerprint density at radius 2 is 2.14 bits per heavy atom. The lowest BCUT2D eigenvalue weighted by Gasteiger charge is -2.13. The zero-order chi connectivity index (χ0) is 15.0. The van der Waals surface area contributed by atoms with Gasteiger partial charge in [-0.05, 0) is 35.6 Å². The molecule has 0 amide bonds. The van der Waals surface area contributed by atoms with Gasteiger partial charge in [0.05, 0.1) is 6.61 Å². The van der Waals surface area contributed by atoms with Crippen LogP contribution in [0.5, 0.6) is 11.5 Å². The van der Waals surface area contributed by atoms with Gasteiger partial charge in [0.15, 0.2) is 11.6 Å². The van der Waals surface area contributed by atoms with Crippen LogP contribution in [0.15, 0.2) is 30.3 Å². The minimum absolute atomic E-state index is 0.110. The predicted molar refractivity (Wildman–Crippen MR) is 77.9 cm³/mol. The maximum absolute atomic E-state index is 14.2. The molecule has 0 radical (unpaired) electrons. The molecule has 1 aliphatic rings. The molecule has 3 rings (SSSR count). The van der Waals surface area contributed by atoms with Gasteiger partial charge in [-0.3, -0.25) is 0 Å². The number of hydrogen-bond donors (Lipinski definition) is 2. The molecule has 2 aromatic carbocycles. The van der Waals surface area contributed by atoms with Crippen molar-refractivity contribution < 1.29 is 18.8 Å². The molecular weight excluding hydrogens is 272 g/mol. The highest BCUT2D eigenvalue weighted by Gasteiger charge is 2.30. The van der Waals surface area contributed by atoms with E-state index in [4.69, 9.17) is 15.1 Å². The number of rotatable bonds is 3. The largest absolute Gasteiger partial charge is 0.492 e. The van der Waals surface area contributed by atoms with E-state index in [1.807, 2.05) is 13.0 Å². The lowest BCUT2D eigenvalue weighted by Crippen LogP contribution is -2.30. The van der Waals surface area contributed by atoms with Crippen molar-refractivity contribution >= 4 is 12.6 Å². The predicted octanol–water partition coefficient (Wildman–Crippen LogP) is 1.60. The number of hydrogen-bond acceptors (Lipinski definition) is 4. The topological polar surface area (TPSA) is 64.7 Å². The molecule has 0 saturated carbocycles. The van der Waals surface area contributed by atoms with Crippen LogP contribution in [0.4, 0.5) is 4.39 Å². The molecular formula is C15H15BFNO3. The normalized spacial score (nSPS) is 13.4. The van der Waals surface area contributed by atoms with E-state index in [0.29, 0.717) is 23.4 Å². The van der Waals surface area contributed by atoms with Gasteiger partial charge in [-0.1, -0.05) is 18.2 Å². The Hall–Kier alpha value is -1.89. The summed E-state index contributed by atoms with van der Waals surface area (Å²) in [4.78, 5) is 0. The summed E-state index contributed by atoms with van der Waals surface area (Å²) >= 11 is 0. The van der Waals surface area contributed by atoms with E-state index in [1.165, 1.54) is 0 Å². The lowest BCUT2D eigenvalue weighted by atomic mass is 9.76. The number of fused-ring (bicyclic) bond motifs is 1. The third-order valence-electron chi connectivity index (χ3n) is 3.68. The zero-order valence-electron chi connectivity index (χ0n) is 11.6. The second-order valence-corrected chi connectivity index (χ2v) is 4.96. The fourth-order valence-electron chi connectivity index (χ4n) is 2.51. The maximum atomic E-state index is 14.2. The number of benzene rings is 2. The third-order valence-corrected chi connectivity index (χ3v) is 3.68. The summed E-state index contributed by atoms with van der Waals surface area (Å²) in [5.41, 5.74) is 8.25. The van der Waals surface area contributed by atoms with Crippen LogP contribution in [-0.4, -0.2) is 12.1 Å². The van der Waals surface area contributed by atoms with Gasteiger partial charge in [-0.25, -0.2) is 4.39 Å². The molecule has 4 nitrogen and oxygen atoms in total. The van der Waals surface area contributed by atoms with Gasteiger partial charge < -0.3 is 20.1 Å². The summed E-state index contributed by atoms with van der Waals surface area (Å²) in [7, 11) is -0.955. The number of halogens is 1. The van der Waals surface area contributed by atoms with Crippen LogP contribution >= 0.6 is 0 Å². The molecule has 108 valence electrons. The van der Waals surface area contributed by atoms with E-state index in [0.717, 1.165) is 11.1 Å². The molecule has 21 heavy (non-hydrogen) atoms. The van der Waals surface area contributed by atoms with Gasteiger partial charge in [-0.2, -0.15) is 0 Å². The van der Waals surface area contributed by atoms with Crippen LogP contribution in [0.1, 0.15) is 16.7 Å². The van der Waals surface area contributed by atoms with E-state index in [1.54, 1.807) is 24.3 Å². The fraction of sp³-hybridized carbons (Fsp3) is 0.200. The molecule has 0 atom stereocenters. The first-order valence-electron chi connectivity index (χ1n) is 6.69. The number of nitrogens with two attached hydrogens (primary N) is 1. The average molecular weight is 287 g/mol. The summed E-state index contributed by atoms with van der Waals surface area (Å²) in [5.74, 6) is 0.150. The third kappa shape index (κ3) is 2.42. The summed E-state index contributed by atoms with van der Waals surface area (Å²) in [6, 6.07) is 8.44. The van der Waals surface area contributed by atoms with E-state index in [9.17, 15) is 9.41 Å². The highest BCUT2D eigenvalue weighted by Crippen LogP contribution is 2.29. The fourth-order valence-corrected chi connectivity index (χ4v) is 2.51. The van der Waals surface area contributed by atoms with E-state index in [2.05, 4.69) is 0 Å². The maximum Gasteiger partial charge on any atom is 0.492 e. The highest BCUT2D eigenvalue weighted by molar-refractivity contribution is 6.62. The highest BCUT2D eigenvalue weighted by atomic mass is 19.1. The van der Waals surface area contributed by atoms with Crippen LogP contribution < -0.4 is 15.9 Å². The van der Waals surface area contributed by atoms with Crippen molar-refractivity contribution in [3.8, 4) is 11.5 Å². The Bertz CT molecular complexity index is 693. The van der Waals surface area contributed by atoms with Crippen molar-refractivity contribution in [2.45, 2.75) is 20.1 Å².